The Balaban J connectivity index is 2.27. The summed E-state index contributed by atoms with van der Waals surface area (Å²) in [6.07, 6.45) is 1.50. The highest BCUT2D eigenvalue weighted by Gasteiger charge is 2.05. The molecular formula is C10H7Cl2N3O. The van der Waals surface area contributed by atoms with Crippen LogP contribution in [0.1, 0.15) is 0 Å². The Hall–Kier alpha value is -1.52. The second-order valence-electron chi connectivity index (χ2n) is 2.94. The Bertz CT molecular complexity index is 519. The molecule has 4 nitrogen and oxygen atoms in total. The summed E-state index contributed by atoms with van der Waals surface area (Å²) in [6.45, 7) is 0. The SMILES string of the molecule is Nc1ccnc(Oc2ccc(Cl)cc2Cl)n1. The molecule has 1 heterocycles. The highest BCUT2D eigenvalue weighted by atomic mass is 35.5. The van der Waals surface area contributed by atoms with Crippen LogP contribution in [0.4, 0.5) is 5.82 Å². The first-order valence-electron chi connectivity index (χ1n) is 4.36. The minimum Gasteiger partial charge on any atom is -0.423 e. The number of anilines is 1. The summed E-state index contributed by atoms with van der Waals surface area (Å²) in [7, 11) is 0. The van der Waals surface area contributed by atoms with Gasteiger partial charge in [-0.1, -0.05) is 23.2 Å². The first-order chi connectivity index (χ1) is 7.65. The summed E-state index contributed by atoms with van der Waals surface area (Å²) in [5, 5.41) is 0.921. The number of benzene rings is 1. The molecule has 1 aromatic carbocycles. The van der Waals surface area contributed by atoms with E-state index in [1.165, 1.54) is 6.20 Å². The summed E-state index contributed by atoms with van der Waals surface area (Å²) < 4.78 is 5.35. The third-order valence-electron chi connectivity index (χ3n) is 1.75. The summed E-state index contributed by atoms with van der Waals surface area (Å²) in [4.78, 5) is 7.78. The van der Waals surface area contributed by atoms with Crippen LogP contribution in [-0.2, 0) is 0 Å². The predicted octanol–water partition coefficient (Wildman–Crippen LogP) is 3.16. The zero-order valence-electron chi connectivity index (χ0n) is 8.02. The Kier molecular flexibility index (Phi) is 3.12. The first-order valence-corrected chi connectivity index (χ1v) is 5.12. The van der Waals surface area contributed by atoms with E-state index in [1.54, 1.807) is 24.3 Å². The molecule has 16 heavy (non-hydrogen) atoms. The average molecular weight is 256 g/mol. The fourth-order valence-electron chi connectivity index (χ4n) is 1.06. The molecule has 6 heteroatoms. The number of nitrogens with two attached hydrogens (primary N) is 1. The Morgan fingerprint density at radius 3 is 2.69 bits per heavy atom. The van der Waals surface area contributed by atoms with Crippen molar-refractivity contribution >= 4 is 29.0 Å². The van der Waals surface area contributed by atoms with E-state index in [9.17, 15) is 0 Å². The second-order valence-corrected chi connectivity index (χ2v) is 3.78. The van der Waals surface area contributed by atoms with Gasteiger partial charge in [0.2, 0.25) is 0 Å². The topological polar surface area (TPSA) is 61.0 Å². The second kappa shape index (κ2) is 4.55. The van der Waals surface area contributed by atoms with E-state index in [-0.39, 0.29) is 6.01 Å². The smallest absolute Gasteiger partial charge is 0.323 e. The van der Waals surface area contributed by atoms with Crippen molar-refractivity contribution < 1.29 is 4.74 Å². The number of ether oxygens (including phenoxy) is 1. The fraction of sp³-hybridized carbons (Fsp3) is 0. The van der Waals surface area contributed by atoms with Crippen LogP contribution in [0.2, 0.25) is 10.0 Å². The minimum atomic E-state index is 0.143. The van der Waals surface area contributed by atoms with Gasteiger partial charge in [0.1, 0.15) is 11.6 Å². The van der Waals surface area contributed by atoms with Crippen LogP contribution in [0.15, 0.2) is 30.5 Å². The molecule has 2 N–H and O–H groups in total. The van der Waals surface area contributed by atoms with Gasteiger partial charge in [0.05, 0.1) is 5.02 Å². The van der Waals surface area contributed by atoms with Crippen molar-refractivity contribution in [2.24, 2.45) is 0 Å². The summed E-state index contributed by atoms with van der Waals surface area (Å²) >= 11 is 11.7. The highest BCUT2D eigenvalue weighted by Crippen LogP contribution is 2.30. The largest absolute Gasteiger partial charge is 0.423 e. The first kappa shape index (κ1) is 11.0. The molecule has 0 radical (unpaired) electrons. The molecular weight excluding hydrogens is 249 g/mol. The van der Waals surface area contributed by atoms with E-state index in [0.717, 1.165) is 0 Å². The number of halogens is 2. The van der Waals surface area contributed by atoms with E-state index < -0.39 is 0 Å². The Morgan fingerprint density at radius 1 is 1.19 bits per heavy atom. The van der Waals surface area contributed by atoms with E-state index in [2.05, 4.69) is 9.97 Å². The standard InChI is InChI=1S/C10H7Cl2N3O/c11-6-1-2-8(7(12)5-6)16-10-14-4-3-9(13)15-10/h1-5H,(H2,13,14,15). The lowest BCUT2D eigenvalue weighted by molar-refractivity contribution is 0.443. The van der Waals surface area contributed by atoms with Gasteiger partial charge in [-0.15, -0.1) is 0 Å². The lowest BCUT2D eigenvalue weighted by Crippen LogP contribution is -1.95. The van der Waals surface area contributed by atoms with Crippen molar-refractivity contribution in [1.29, 1.82) is 0 Å². The van der Waals surface area contributed by atoms with Crippen LogP contribution in [0.5, 0.6) is 11.8 Å². The molecule has 0 spiro atoms. The molecule has 0 fully saturated rings. The van der Waals surface area contributed by atoms with Crippen LogP contribution in [0.25, 0.3) is 0 Å². The number of hydrogen-bond donors (Lipinski definition) is 1. The Labute approximate surface area is 102 Å². The van der Waals surface area contributed by atoms with Crippen molar-refractivity contribution in [1.82, 2.24) is 9.97 Å². The third kappa shape index (κ3) is 2.53. The summed E-state index contributed by atoms with van der Waals surface area (Å²) in [6, 6.07) is 6.58. The number of rotatable bonds is 2. The molecule has 0 saturated heterocycles. The molecule has 1 aromatic heterocycles. The van der Waals surface area contributed by atoms with Gasteiger partial charge < -0.3 is 10.5 Å². The van der Waals surface area contributed by atoms with Crippen LogP contribution in [-0.4, -0.2) is 9.97 Å². The molecule has 0 atom stereocenters. The van der Waals surface area contributed by atoms with Crippen molar-refractivity contribution in [2.75, 3.05) is 5.73 Å². The van der Waals surface area contributed by atoms with Crippen molar-refractivity contribution in [3.8, 4) is 11.8 Å². The third-order valence-corrected chi connectivity index (χ3v) is 2.28. The maximum atomic E-state index is 5.92. The fourth-order valence-corrected chi connectivity index (χ4v) is 1.51. The van der Waals surface area contributed by atoms with Crippen LogP contribution < -0.4 is 10.5 Å². The van der Waals surface area contributed by atoms with Crippen LogP contribution in [0, 0.1) is 0 Å². The summed E-state index contributed by atoms with van der Waals surface area (Å²) in [5.41, 5.74) is 5.49. The number of aromatic nitrogens is 2. The number of nitrogen functional groups attached to an aromatic ring is 1. The number of hydrogen-bond acceptors (Lipinski definition) is 4. The van der Waals surface area contributed by atoms with E-state index in [0.29, 0.717) is 21.6 Å². The highest BCUT2D eigenvalue weighted by molar-refractivity contribution is 6.35. The van der Waals surface area contributed by atoms with E-state index in [4.69, 9.17) is 33.7 Å². The lowest BCUT2D eigenvalue weighted by atomic mass is 10.3. The maximum absolute atomic E-state index is 5.92. The maximum Gasteiger partial charge on any atom is 0.323 e. The minimum absolute atomic E-state index is 0.143. The van der Waals surface area contributed by atoms with Gasteiger partial charge in [0.15, 0.2) is 0 Å². The van der Waals surface area contributed by atoms with Gasteiger partial charge in [0, 0.05) is 11.2 Å². The molecule has 0 aliphatic carbocycles. The predicted molar refractivity (Wildman–Crippen MR) is 63.0 cm³/mol. The lowest BCUT2D eigenvalue weighted by Gasteiger charge is -2.05. The molecule has 0 bridgehead atoms. The van der Waals surface area contributed by atoms with E-state index >= 15 is 0 Å². The van der Waals surface area contributed by atoms with Gasteiger partial charge in [-0.2, -0.15) is 4.98 Å². The molecule has 0 aliphatic rings. The van der Waals surface area contributed by atoms with Gasteiger partial charge in [-0.3, -0.25) is 0 Å². The zero-order valence-corrected chi connectivity index (χ0v) is 9.53. The molecule has 0 unspecified atom stereocenters. The zero-order chi connectivity index (χ0) is 11.5. The molecule has 0 saturated carbocycles. The van der Waals surface area contributed by atoms with Crippen LogP contribution in [0.3, 0.4) is 0 Å². The van der Waals surface area contributed by atoms with Crippen LogP contribution >= 0.6 is 23.2 Å². The van der Waals surface area contributed by atoms with Crippen molar-refractivity contribution in [3.05, 3.63) is 40.5 Å². The van der Waals surface area contributed by atoms with Gasteiger partial charge in [0.25, 0.3) is 0 Å². The monoisotopic (exact) mass is 255 g/mol. The molecule has 0 amide bonds. The summed E-state index contributed by atoms with van der Waals surface area (Å²) in [5.74, 6) is 0.756. The van der Waals surface area contributed by atoms with Gasteiger partial charge in [-0.25, -0.2) is 4.98 Å². The average Bonchev–Trinajstić information content (AvgIpc) is 2.22. The van der Waals surface area contributed by atoms with Gasteiger partial charge >= 0.3 is 6.01 Å². The van der Waals surface area contributed by atoms with E-state index in [1.807, 2.05) is 0 Å². The van der Waals surface area contributed by atoms with Gasteiger partial charge in [-0.05, 0) is 24.3 Å². The van der Waals surface area contributed by atoms with Crippen molar-refractivity contribution in [3.63, 3.8) is 0 Å². The Morgan fingerprint density at radius 2 is 2.00 bits per heavy atom. The molecule has 2 aromatic rings. The quantitative estimate of drug-likeness (QED) is 0.896. The van der Waals surface area contributed by atoms with Crippen molar-refractivity contribution in [2.45, 2.75) is 0 Å². The molecule has 2 rings (SSSR count). The number of nitrogens with zero attached hydrogens (tertiary/aromatic N) is 2. The molecule has 0 aliphatic heterocycles. The normalized spacial score (nSPS) is 10.1. The molecule has 82 valence electrons.